The van der Waals surface area contributed by atoms with Crippen LogP contribution in [0.4, 0.5) is 5.82 Å². The summed E-state index contributed by atoms with van der Waals surface area (Å²) in [5, 5.41) is 4.78. The number of aromatic nitrogens is 3. The molecule has 1 saturated carbocycles. The number of methoxy groups -OCH3 is 2. The van der Waals surface area contributed by atoms with Crippen molar-refractivity contribution < 1.29 is 9.47 Å². The number of ether oxygens (including phenoxy) is 2. The van der Waals surface area contributed by atoms with Crippen molar-refractivity contribution in [1.82, 2.24) is 14.6 Å². The maximum Gasteiger partial charge on any atom is 0.161 e. The van der Waals surface area contributed by atoms with E-state index in [1.807, 2.05) is 41.0 Å². The highest BCUT2D eigenvalue weighted by atomic mass is 16.5. The molecule has 3 aromatic rings. The molecule has 0 amide bonds. The maximum atomic E-state index is 5.41. The normalized spacial score (nSPS) is 14.0. The van der Waals surface area contributed by atoms with E-state index >= 15 is 0 Å². The fourth-order valence-corrected chi connectivity index (χ4v) is 2.89. The molecule has 0 N–H and O–H groups in total. The smallest absolute Gasteiger partial charge is 0.161 e. The van der Waals surface area contributed by atoms with Gasteiger partial charge in [-0.15, -0.1) is 5.10 Å². The van der Waals surface area contributed by atoms with Gasteiger partial charge >= 0.3 is 0 Å². The molecule has 0 bridgehead atoms. The Morgan fingerprint density at radius 1 is 1.08 bits per heavy atom. The van der Waals surface area contributed by atoms with Crippen LogP contribution in [0.3, 0.4) is 0 Å². The molecule has 1 aliphatic rings. The van der Waals surface area contributed by atoms with E-state index in [-0.39, 0.29) is 0 Å². The third-order valence-corrected chi connectivity index (χ3v) is 4.48. The topological polar surface area (TPSA) is 51.9 Å². The number of hydrogen-bond acceptors (Lipinski definition) is 5. The molecule has 1 aromatic carbocycles. The van der Waals surface area contributed by atoms with Gasteiger partial charge < -0.3 is 14.4 Å². The second-order valence-corrected chi connectivity index (χ2v) is 6.02. The van der Waals surface area contributed by atoms with Crippen molar-refractivity contribution in [1.29, 1.82) is 0 Å². The summed E-state index contributed by atoms with van der Waals surface area (Å²) in [6.07, 6.45) is 4.32. The highest BCUT2D eigenvalue weighted by Crippen LogP contribution is 2.33. The first-order chi connectivity index (χ1) is 11.7. The van der Waals surface area contributed by atoms with E-state index in [9.17, 15) is 0 Å². The third-order valence-electron chi connectivity index (χ3n) is 4.48. The molecule has 124 valence electrons. The molecule has 0 unspecified atom stereocenters. The number of benzene rings is 1. The Bertz CT molecular complexity index is 886. The van der Waals surface area contributed by atoms with E-state index in [1.165, 1.54) is 12.8 Å². The van der Waals surface area contributed by atoms with Crippen molar-refractivity contribution >= 4 is 11.5 Å². The quantitative estimate of drug-likeness (QED) is 0.722. The molecule has 0 aliphatic heterocycles. The molecule has 0 atom stereocenters. The largest absolute Gasteiger partial charge is 0.493 e. The first-order valence-electron chi connectivity index (χ1n) is 8.01. The van der Waals surface area contributed by atoms with Crippen molar-refractivity contribution in [3.63, 3.8) is 0 Å². The van der Waals surface area contributed by atoms with Crippen LogP contribution in [0.5, 0.6) is 11.5 Å². The number of hydrogen-bond donors (Lipinski definition) is 0. The van der Waals surface area contributed by atoms with Gasteiger partial charge in [0.05, 0.1) is 26.1 Å². The Morgan fingerprint density at radius 3 is 2.58 bits per heavy atom. The molecule has 6 heteroatoms. The minimum Gasteiger partial charge on any atom is -0.493 e. The lowest BCUT2D eigenvalue weighted by Gasteiger charge is -2.17. The minimum atomic E-state index is 0.614. The highest BCUT2D eigenvalue weighted by Gasteiger charge is 2.27. The van der Waals surface area contributed by atoms with Gasteiger partial charge in [-0.3, -0.25) is 0 Å². The molecule has 2 aromatic heterocycles. The summed E-state index contributed by atoms with van der Waals surface area (Å²) in [4.78, 5) is 6.70. The Morgan fingerprint density at radius 2 is 1.88 bits per heavy atom. The van der Waals surface area contributed by atoms with Crippen LogP contribution in [0.25, 0.3) is 16.9 Å². The van der Waals surface area contributed by atoms with Gasteiger partial charge in [-0.1, -0.05) is 0 Å². The molecular weight excluding hydrogens is 304 g/mol. The summed E-state index contributed by atoms with van der Waals surface area (Å²) >= 11 is 0. The summed E-state index contributed by atoms with van der Waals surface area (Å²) in [6, 6.07) is 10.5. The molecule has 4 rings (SSSR count). The number of imidazole rings is 1. The van der Waals surface area contributed by atoms with E-state index in [0.717, 1.165) is 22.7 Å². The van der Waals surface area contributed by atoms with Crippen LogP contribution in [0.2, 0.25) is 0 Å². The standard InChI is InChI=1S/C18H20N4O2/c1-21(13-5-6-13)18-9-8-17-19-11-14(22(17)20-18)12-4-7-15(23-2)16(10-12)24-3/h4,7-11,13H,5-6H2,1-3H3. The fraction of sp³-hybridized carbons (Fsp3) is 0.333. The Hall–Kier alpha value is -2.76. The predicted octanol–water partition coefficient (Wildman–Crippen LogP) is 3.01. The van der Waals surface area contributed by atoms with Crippen molar-refractivity contribution in [2.75, 3.05) is 26.2 Å². The average Bonchev–Trinajstić information content (AvgIpc) is 3.39. The maximum absolute atomic E-state index is 5.41. The van der Waals surface area contributed by atoms with Gasteiger partial charge in [0, 0.05) is 18.7 Å². The summed E-state index contributed by atoms with van der Waals surface area (Å²) in [7, 11) is 5.36. The SMILES string of the molecule is COc1ccc(-c2cnc3ccc(N(C)C4CC4)nn23)cc1OC. The summed E-state index contributed by atoms with van der Waals surface area (Å²) in [6.45, 7) is 0. The molecule has 24 heavy (non-hydrogen) atoms. The van der Waals surface area contributed by atoms with Crippen LogP contribution in [-0.4, -0.2) is 41.9 Å². The molecule has 0 spiro atoms. The van der Waals surface area contributed by atoms with Crippen LogP contribution < -0.4 is 14.4 Å². The van der Waals surface area contributed by atoms with Crippen LogP contribution >= 0.6 is 0 Å². The van der Waals surface area contributed by atoms with Gasteiger partial charge in [-0.05, 0) is 43.2 Å². The van der Waals surface area contributed by atoms with E-state index in [1.54, 1.807) is 14.2 Å². The van der Waals surface area contributed by atoms with Crippen LogP contribution in [0.1, 0.15) is 12.8 Å². The van der Waals surface area contributed by atoms with Gasteiger partial charge in [-0.2, -0.15) is 0 Å². The van der Waals surface area contributed by atoms with E-state index in [4.69, 9.17) is 14.6 Å². The first kappa shape index (κ1) is 14.8. The molecule has 6 nitrogen and oxygen atoms in total. The Kier molecular flexibility index (Phi) is 3.52. The van der Waals surface area contributed by atoms with Crippen LogP contribution in [-0.2, 0) is 0 Å². The van der Waals surface area contributed by atoms with Crippen molar-refractivity contribution in [3.05, 3.63) is 36.5 Å². The molecule has 1 aliphatic carbocycles. The zero-order valence-corrected chi connectivity index (χ0v) is 14.1. The lowest BCUT2D eigenvalue weighted by atomic mass is 10.1. The van der Waals surface area contributed by atoms with E-state index in [0.29, 0.717) is 17.5 Å². The second-order valence-electron chi connectivity index (χ2n) is 6.02. The van der Waals surface area contributed by atoms with Gasteiger partial charge in [0.25, 0.3) is 0 Å². The van der Waals surface area contributed by atoms with Gasteiger partial charge in [0.2, 0.25) is 0 Å². The Labute approximate surface area is 140 Å². The fourth-order valence-electron chi connectivity index (χ4n) is 2.89. The highest BCUT2D eigenvalue weighted by molar-refractivity contribution is 5.67. The lowest BCUT2D eigenvalue weighted by Crippen LogP contribution is -2.21. The number of nitrogens with zero attached hydrogens (tertiary/aromatic N) is 4. The number of fused-ring (bicyclic) bond motifs is 1. The van der Waals surface area contributed by atoms with Gasteiger partial charge in [0.1, 0.15) is 5.82 Å². The van der Waals surface area contributed by atoms with Crippen LogP contribution in [0, 0.1) is 0 Å². The van der Waals surface area contributed by atoms with E-state index in [2.05, 4.69) is 16.9 Å². The summed E-state index contributed by atoms with van der Waals surface area (Å²) < 4.78 is 12.6. The van der Waals surface area contributed by atoms with Crippen molar-refractivity contribution in [2.24, 2.45) is 0 Å². The van der Waals surface area contributed by atoms with E-state index < -0.39 is 0 Å². The average molecular weight is 324 g/mol. The Balaban J connectivity index is 1.80. The first-order valence-corrected chi connectivity index (χ1v) is 8.01. The molecule has 2 heterocycles. The molecule has 1 fully saturated rings. The zero-order valence-electron chi connectivity index (χ0n) is 14.1. The zero-order chi connectivity index (χ0) is 16.7. The minimum absolute atomic E-state index is 0.614. The second kappa shape index (κ2) is 5.70. The van der Waals surface area contributed by atoms with Crippen molar-refractivity contribution in [3.8, 4) is 22.8 Å². The predicted molar refractivity (Wildman–Crippen MR) is 93.0 cm³/mol. The summed E-state index contributed by atoms with van der Waals surface area (Å²) in [5.41, 5.74) is 2.74. The third kappa shape index (κ3) is 2.44. The molecule has 0 radical (unpaired) electrons. The number of anilines is 1. The monoisotopic (exact) mass is 324 g/mol. The van der Waals surface area contributed by atoms with Gasteiger partial charge in [0.15, 0.2) is 17.1 Å². The number of rotatable bonds is 5. The molecular formula is C18H20N4O2. The van der Waals surface area contributed by atoms with Gasteiger partial charge in [-0.25, -0.2) is 9.50 Å². The lowest BCUT2D eigenvalue weighted by molar-refractivity contribution is 0.355. The summed E-state index contributed by atoms with van der Waals surface area (Å²) in [5.74, 6) is 2.36. The molecule has 0 saturated heterocycles. The van der Waals surface area contributed by atoms with Crippen molar-refractivity contribution in [2.45, 2.75) is 18.9 Å². The van der Waals surface area contributed by atoms with Crippen LogP contribution in [0.15, 0.2) is 36.5 Å².